The number of esters is 1. The Hall–Kier alpha value is -3.49. The molecule has 1 aromatic carbocycles. The molecule has 0 fully saturated rings. The van der Waals surface area contributed by atoms with Crippen LogP contribution in [0.1, 0.15) is 52.4 Å². The summed E-state index contributed by atoms with van der Waals surface area (Å²) in [5.41, 5.74) is 2.40. The monoisotopic (exact) mass is 459 g/mol. The molecular weight excluding hydrogens is 426 g/mol. The quantitative estimate of drug-likeness (QED) is 0.450. The number of carbonyl (C=O) groups is 3. The third-order valence-corrected chi connectivity index (χ3v) is 5.73. The van der Waals surface area contributed by atoms with E-state index < -0.39 is 18.0 Å². The number of hydrogen-bond donors (Lipinski definition) is 1. The van der Waals surface area contributed by atoms with Gasteiger partial charge in [0.05, 0.1) is 27.4 Å². The highest BCUT2D eigenvalue weighted by Gasteiger charge is 2.32. The number of anilines is 1. The molecule has 1 atom stereocenters. The Morgan fingerprint density at radius 3 is 2.12 bits per heavy atom. The van der Waals surface area contributed by atoms with E-state index in [4.69, 9.17) is 14.2 Å². The molecule has 0 aliphatic heterocycles. The number of nitrogens with zero attached hydrogens (tertiary/aromatic N) is 2. The first-order chi connectivity index (χ1) is 15.6. The van der Waals surface area contributed by atoms with Gasteiger partial charge in [0.1, 0.15) is 17.2 Å². The van der Waals surface area contributed by atoms with Crippen LogP contribution in [0, 0.1) is 13.8 Å². The van der Waals surface area contributed by atoms with Crippen molar-refractivity contribution in [1.29, 1.82) is 0 Å². The van der Waals surface area contributed by atoms with Crippen LogP contribution in [0.2, 0.25) is 0 Å². The molecule has 0 aliphatic rings. The molecule has 1 aromatic heterocycles. The van der Waals surface area contributed by atoms with Gasteiger partial charge in [-0.05, 0) is 32.8 Å². The number of nitrogens with one attached hydrogen (secondary N) is 1. The normalized spacial score (nSPS) is 11.5. The minimum absolute atomic E-state index is 0.248. The van der Waals surface area contributed by atoms with Gasteiger partial charge >= 0.3 is 12.0 Å². The number of aromatic nitrogens is 1. The standard InChI is InChI=1S/C24H33N3O6/c1-9-10-27(24(30)25-17-11-18(31-6)13-19(12-17)32-7)16(4)22(28)20-14(2)21(23(29)33-8)26(5)15(20)3/h11-13,16H,9-10H2,1-8H3,(H,25,30). The third kappa shape index (κ3) is 5.30. The molecule has 9 nitrogen and oxygen atoms in total. The zero-order chi connectivity index (χ0) is 24.9. The number of carbonyl (C=O) groups excluding carboxylic acids is 3. The van der Waals surface area contributed by atoms with Crippen molar-refractivity contribution in [3.63, 3.8) is 0 Å². The summed E-state index contributed by atoms with van der Waals surface area (Å²) in [6.45, 7) is 7.47. The van der Waals surface area contributed by atoms with Crippen LogP contribution in [0.3, 0.4) is 0 Å². The number of rotatable bonds is 9. The van der Waals surface area contributed by atoms with E-state index in [1.54, 1.807) is 50.6 Å². The minimum Gasteiger partial charge on any atom is -0.497 e. The van der Waals surface area contributed by atoms with Crippen molar-refractivity contribution in [3.05, 3.63) is 40.7 Å². The molecule has 1 heterocycles. The Kier molecular flexibility index (Phi) is 8.50. The zero-order valence-electron chi connectivity index (χ0n) is 20.6. The van der Waals surface area contributed by atoms with Gasteiger partial charge in [0, 0.05) is 48.7 Å². The van der Waals surface area contributed by atoms with E-state index in [1.807, 2.05) is 6.92 Å². The van der Waals surface area contributed by atoms with Gasteiger partial charge in [-0.3, -0.25) is 4.79 Å². The SMILES string of the molecule is CCCN(C(=O)Nc1cc(OC)cc(OC)c1)C(C)C(=O)c1c(C)c(C(=O)OC)n(C)c1C. The molecule has 0 spiro atoms. The van der Waals surface area contributed by atoms with Gasteiger partial charge in [-0.25, -0.2) is 9.59 Å². The van der Waals surface area contributed by atoms with E-state index in [0.717, 1.165) is 0 Å². The molecule has 0 saturated heterocycles. The molecule has 1 unspecified atom stereocenters. The highest BCUT2D eigenvalue weighted by atomic mass is 16.5. The van der Waals surface area contributed by atoms with Crippen LogP contribution in [-0.4, -0.2) is 61.2 Å². The molecule has 0 radical (unpaired) electrons. The van der Waals surface area contributed by atoms with Gasteiger partial charge in [0.2, 0.25) is 0 Å². The lowest BCUT2D eigenvalue weighted by molar-refractivity contribution is 0.0588. The maximum absolute atomic E-state index is 13.5. The number of ether oxygens (including phenoxy) is 3. The van der Waals surface area contributed by atoms with Gasteiger partial charge in [0.25, 0.3) is 0 Å². The fourth-order valence-corrected chi connectivity index (χ4v) is 3.86. The van der Waals surface area contributed by atoms with Crippen LogP contribution in [0.4, 0.5) is 10.5 Å². The molecule has 2 rings (SSSR count). The van der Waals surface area contributed by atoms with Crippen molar-refractivity contribution in [1.82, 2.24) is 9.47 Å². The van der Waals surface area contributed by atoms with Crippen molar-refractivity contribution in [2.24, 2.45) is 7.05 Å². The maximum atomic E-state index is 13.5. The van der Waals surface area contributed by atoms with E-state index in [0.29, 0.717) is 52.7 Å². The van der Waals surface area contributed by atoms with Crippen LogP contribution in [0.5, 0.6) is 11.5 Å². The summed E-state index contributed by atoms with van der Waals surface area (Å²) < 4.78 is 17.0. The average Bonchev–Trinajstić information content (AvgIpc) is 3.03. The molecule has 0 aliphatic carbocycles. The summed E-state index contributed by atoms with van der Waals surface area (Å²) in [6, 6.07) is 3.86. The van der Waals surface area contributed by atoms with Crippen LogP contribution < -0.4 is 14.8 Å². The number of urea groups is 1. The predicted molar refractivity (Wildman–Crippen MR) is 126 cm³/mol. The average molecular weight is 460 g/mol. The molecule has 0 saturated carbocycles. The van der Waals surface area contributed by atoms with E-state index in [9.17, 15) is 14.4 Å². The lowest BCUT2D eigenvalue weighted by Crippen LogP contribution is -2.46. The minimum atomic E-state index is -0.761. The molecule has 0 bridgehead atoms. The van der Waals surface area contributed by atoms with E-state index in [2.05, 4.69) is 5.32 Å². The summed E-state index contributed by atoms with van der Waals surface area (Å²) >= 11 is 0. The molecule has 2 aromatic rings. The summed E-state index contributed by atoms with van der Waals surface area (Å²) in [5.74, 6) is 0.297. The molecule has 1 N–H and O–H groups in total. The van der Waals surface area contributed by atoms with Gasteiger partial charge in [-0.1, -0.05) is 6.92 Å². The Morgan fingerprint density at radius 1 is 1.06 bits per heavy atom. The largest absolute Gasteiger partial charge is 0.497 e. The number of benzene rings is 1. The van der Waals surface area contributed by atoms with Crippen molar-refractivity contribution in [3.8, 4) is 11.5 Å². The van der Waals surface area contributed by atoms with Crippen molar-refractivity contribution in [2.75, 3.05) is 33.2 Å². The molecular formula is C24H33N3O6. The molecule has 9 heteroatoms. The van der Waals surface area contributed by atoms with Gasteiger partial charge in [0.15, 0.2) is 5.78 Å². The van der Waals surface area contributed by atoms with Gasteiger partial charge < -0.3 is 29.0 Å². The highest BCUT2D eigenvalue weighted by Crippen LogP contribution is 2.27. The number of amides is 2. The molecule has 180 valence electrons. The number of Topliss-reactive ketones (excluding diaryl/α,β-unsaturated/α-hetero) is 1. The number of methoxy groups -OCH3 is 3. The summed E-state index contributed by atoms with van der Waals surface area (Å²) in [4.78, 5) is 40.4. The fraction of sp³-hybridized carbons (Fsp3) is 0.458. The Morgan fingerprint density at radius 2 is 1.64 bits per heavy atom. The smallest absolute Gasteiger partial charge is 0.354 e. The fourth-order valence-electron chi connectivity index (χ4n) is 3.86. The van der Waals surface area contributed by atoms with E-state index >= 15 is 0 Å². The first-order valence-electron chi connectivity index (χ1n) is 10.7. The Bertz CT molecular complexity index is 1020. The first-order valence-corrected chi connectivity index (χ1v) is 10.7. The topological polar surface area (TPSA) is 99.1 Å². The summed E-state index contributed by atoms with van der Waals surface area (Å²) in [7, 11) is 6.06. The van der Waals surface area contributed by atoms with Gasteiger partial charge in [-0.2, -0.15) is 0 Å². The predicted octanol–water partition coefficient (Wildman–Crippen LogP) is 3.96. The lowest BCUT2D eigenvalue weighted by atomic mass is 10.00. The van der Waals surface area contributed by atoms with Crippen molar-refractivity contribution in [2.45, 2.75) is 40.2 Å². The van der Waals surface area contributed by atoms with Crippen LogP contribution in [-0.2, 0) is 11.8 Å². The molecule has 33 heavy (non-hydrogen) atoms. The highest BCUT2D eigenvalue weighted by molar-refractivity contribution is 6.07. The van der Waals surface area contributed by atoms with E-state index in [1.165, 1.54) is 26.2 Å². The maximum Gasteiger partial charge on any atom is 0.354 e. The number of ketones is 1. The summed E-state index contributed by atoms with van der Waals surface area (Å²) in [6.07, 6.45) is 0.659. The van der Waals surface area contributed by atoms with Crippen molar-refractivity contribution < 1.29 is 28.6 Å². The van der Waals surface area contributed by atoms with Crippen molar-refractivity contribution >= 4 is 23.5 Å². The second kappa shape index (κ2) is 10.9. The van der Waals surface area contributed by atoms with Crippen LogP contribution in [0.25, 0.3) is 0 Å². The second-order valence-electron chi connectivity index (χ2n) is 7.75. The second-order valence-corrected chi connectivity index (χ2v) is 7.75. The molecule has 2 amide bonds. The Balaban J connectivity index is 2.37. The zero-order valence-corrected chi connectivity index (χ0v) is 20.6. The summed E-state index contributed by atoms with van der Waals surface area (Å²) in [5, 5.41) is 2.83. The lowest BCUT2D eigenvalue weighted by Gasteiger charge is -2.28. The van der Waals surface area contributed by atoms with Crippen LogP contribution in [0.15, 0.2) is 18.2 Å². The first kappa shape index (κ1) is 25.8. The third-order valence-electron chi connectivity index (χ3n) is 5.73. The van der Waals surface area contributed by atoms with Crippen LogP contribution >= 0.6 is 0 Å². The Labute approximate surface area is 194 Å². The number of hydrogen-bond acceptors (Lipinski definition) is 6. The van der Waals surface area contributed by atoms with E-state index in [-0.39, 0.29) is 5.78 Å². The van der Waals surface area contributed by atoms with Gasteiger partial charge in [-0.15, -0.1) is 0 Å².